The molecular formula is C17H24N2O. The van der Waals surface area contributed by atoms with Crippen LogP contribution >= 0.6 is 0 Å². The van der Waals surface area contributed by atoms with Crippen LogP contribution in [0.3, 0.4) is 0 Å². The first-order valence-corrected chi connectivity index (χ1v) is 7.53. The fourth-order valence-corrected chi connectivity index (χ4v) is 2.47. The Morgan fingerprint density at radius 1 is 1.20 bits per heavy atom. The quantitative estimate of drug-likeness (QED) is 0.850. The molecule has 0 spiro atoms. The van der Waals surface area contributed by atoms with E-state index in [4.69, 9.17) is 0 Å². The second-order valence-corrected chi connectivity index (χ2v) is 5.34. The molecule has 3 nitrogen and oxygen atoms in total. The molecule has 1 aromatic heterocycles. The highest BCUT2D eigenvalue weighted by atomic mass is 16.3. The number of hydrogen-bond donors (Lipinski definition) is 1. The van der Waals surface area contributed by atoms with E-state index in [0.717, 1.165) is 49.2 Å². The van der Waals surface area contributed by atoms with Crippen molar-refractivity contribution in [3.63, 3.8) is 0 Å². The molecule has 2 aromatic rings. The molecule has 20 heavy (non-hydrogen) atoms. The van der Waals surface area contributed by atoms with E-state index in [1.807, 2.05) is 16.8 Å². The molecule has 1 heterocycles. The van der Waals surface area contributed by atoms with Gasteiger partial charge in [0.2, 0.25) is 0 Å². The van der Waals surface area contributed by atoms with Gasteiger partial charge in [0.1, 0.15) is 11.4 Å². The summed E-state index contributed by atoms with van der Waals surface area (Å²) in [6.07, 6.45) is 4.02. The number of nitrogens with zero attached hydrogens (tertiary/aromatic N) is 2. The molecule has 0 atom stereocenters. The van der Waals surface area contributed by atoms with Crippen molar-refractivity contribution in [1.29, 1.82) is 0 Å². The second-order valence-electron chi connectivity index (χ2n) is 5.34. The van der Waals surface area contributed by atoms with Crippen molar-refractivity contribution in [2.75, 3.05) is 0 Å². The van der Waals surface area contributed by atoms with Gasteiger partial charge in [-0.25, -0.2) is 0 Å². The number of benzene rings is 1. The number of aromatic nitrogens is 2. The zero-order valence-electron chi connectivity index (χ0n) is 12.7. The van der Waals surface area contributed by atoms with Crippen LogP contribution in [-0.2, 0) is 13.0 Å². The highest BCUT2D eigenvalue weighted by Gasteiger charge is 2.18. The van der Waals surface area contributed by atoms with E-state index in [1.165, 1.54) is 5.56 Å². The van der Waals surface area contributed by atoms with E-state index in [-0.39, 0.29) is 0 Å². The van der Waals surface area contributed by atoms with Gasteiger partial charge in [-0.2, -0.15) is 5.10 Å². The molecule has 0 aliphatic heterocycles. The standard InChI is InChI=1S/C17H24N2O/c1-4-6-10-15-17(20)16(19(18-15)11-5-2)14-9-7-8-13(3)12-14/h7-9,12,20H,4-6,10-11H2,1-3H3. The maximum atomic E-state index is 10.5. The van der Waals surface area contributed by atoms with Crippen LogP contribution in [0.15, 0.2) is 24.3 Å². The molecule has 0 fully saturated rings. The molecule has 1 aromatic carbocycles. The Labute approximate surface area is 121 Å². The molecule has 108 valence electrons. The summed E-state index contributed by atoms with van der Waals surface area (Å²) in [5.41, 5.74) is 3.94. The zero-order chi connectivity index (χ0) is 14.5. The van der Waals surface area contributed by atoms with Gasteiger partial charge in [-0.1, -0.05) is 44.0 Å². The van der Waals surface area contributed by atoms with Crippen LogP contribution in [0.25, 0.3) is 11.3 Å². The Kier molecular flexibility index (Phi) is 4.83. The van der Waals surface area contributed by atoms with Gasteiger partial charge < -0.3 is 5.11 Å². The number of unbranched alkanes of at least 4 members (excludes halogenated alkanes) is 1. The summed E-state index contributed by atoms with van der Waals surface area (Å²) in [6, 6.07) is 8.24. The van der Waals surface area contributed by atoms with Crippen molar-refractivity contribution >= 4 is 0 Å². The number of aromatic hydroxyl groups is 1. The van der Waals surface area contributed by atoms with E-state index in [1.54, 1.807) is 0 Å². The van der Waals surface area contributed by atoms with E-state index >= 15 is 0 Å². The Morgan fingerprint density at radius 3 is 2.65 bits per heavy atom. The Balaban J connectivity index is 2.46. The fraction of sp³-hybridized carbons (Fsp3) is 0.471. The SMILES string of the molecule is CCCCc1nn(CCC)c(-c2cccc(C)c2)c1O. The molecule has 2 rings (SSSR count). The van der Waals surface area contributed by atoms with Crippen molar-refractivity contribution in [2.45, 2.75) is 53.0 Å². The first kappa shape index (κ1) is 14.6. The minimum Gasteiger partial charge on any atom is -0.504 e. The monoisotopic (exact) mass is 272 g/mol. The highest BCUT2D eigenvalue weighted by molar-refractivity contribution is 5.68. The summed E-state index contributed by atoms with van der Waals surface area (Å²) < 4.78 is 1.95. The molecule has 0 aliphatic rings. The van der Waals surface area contributed by atoms with Gasteiger partial charge in [0, 0.05) is 12.1 Å². The summed E-state index contributed by atoms with van der Waals surface area (Å²) in [5.74, 6) is 0.359. The molecule has 1 N–H and O–H groups in total. The average molecular weight is 272 g/mol. The largest absolute Gasteiger partial charge is 0.504 e. The first-order chi connectivity index (χ1) is 9.67. The summed E-state index contributed by atoms with van der Waals surface area (Å²) in [5, 5.41) is 15.1. The lowest BCUT2D eigenvalue weighted by atomic mass is 10.1. The van der Waals surface area contributed by atoms with E-state index in [2.05, 4.69) is 38.0 Å². The van der Waals surface area contributed by atoms with Crippen LogP contribution in [0, 0.1) is 6.92 Å². The van der Waals surface area contributed by atoms with Gasteiger partial charge in [0.05, 0.1) is 0 Å². The molecular weight excluding hydrogens is 248 g/mol. The lowest BCUT2D eigenvalue weighted by Crippen LogP contribution is -2.02. The summed E-state index contributed by atoms with van der Waals surface area (Å²) in [6.45, 7) is 7.19. The van der Waals surface area contributed by atoms with Crippen LogP contribution in [0.4, 0.5) is 0 Å². The van der Waals surface area contributed by atoms with E-state index in [0.29, 0.717) is 5.75 Å². The maximum absolute atomic E-state index is 10.5. The molecule has 0 amide bonds. The van der Waals surface area contributed by atoms with Crippen LogP contribution in [0.1, 0.15) is 44.4 Å². The van der Waals surface area contributed by atoms with Gasteiger partial charge >= 0.3 is 0 Å². The van der Waals surface area contributed by atoms with Crippen molar-refractivity contribution in [2.24, 2.45) is 0 Å². The maximum Gasteiger partial charge on any atom is 0.164 e. The molecule has 0 aliphatic carbocycles. The number of rotatable bonds is 6. The third kappa shape index (κ3) is 3.03. The van der Waals surface area contributed by atoms with Crippen LogP contribution < -0.4 is 0 Å². The molecule has 0 bridgehead atoms. The van der Waals surface area contributed by atoms with Gasteiger partial charge in [0.15, 0.2) is 5.75 Å². The molecule has 3 heteroatoms. The predicted octanol–water partition coefficient (Wildman–Crippen LogP) is 4.32. The van der Waals surface area contributed by atoms with Gasteiger partial charge in [-0.3, -0.25) is 4.68 Å². The van der Waals surface area contributed by atoms with Crippen LogP contribution in [0.5, 0.6) is 5.75 Å². The number of hydrogen-bond acceptors (Lipinski definition) is 2. The first-order valence-electron chi connectivity index (χ1n) is 7.53. The van der Waals surface area contributed by atoms with Crippen LogP contribution in [-0.4, -0.2) is 14.9 Å². The number of aryl methyl sites for hydroxylation is 3. The minimum atomic E-state index is 0.359. The van der Waals surface area contributed by atoms with Crippen molar-refractivity contribution < 1.29 is 5.11 Å². The molecule has 0 saturated carbocycles. The Bertz CT molecular complexity index is 572. The third-order valence-corrected chi connectivity index (χ3v) is 3.49. The topological polar surface area (TPSA) is 38.0 Å². The van der Waals surface area contributed by atoms with Crippen molar-refractivity contribution in [1.82, 2.24) is 9.78 Å². The van der Waals surface area contributed by atoms with E-state index < -0.39 is 0 Å². The molecule has 0 radical (unpaired) electrons. The van der Waals surface area contributed by atoms with Gasteiger partial charge in [-0.15, -0.1) is 0 Å². The lowest BCUT2D eigenvalue weighted by Gasteiger charge is -2.07. The van der Waals surface area contributed by atoms with Crippen LogP contribution in [0.2, 0.25) is 0 Å². The molecule has 0 saturated heterocycles. The Hall–Kier alpha value is -1.77. The Morgan fingerprint density at radius 2 is 2.00 bits per heavy atom. The minimum absolute atomic E-state index is 0.359. The zero-order valence-corrected chi connectivity index (χ0v) is 12.7. The average Bonchev–Trinajstić information content (AvgIpc) is 2.73. The summed E-state index contributed by atoms with van der Waals surface area (Å²) in [7, 11) is 0. The summed E-state index contributed by atoms with van der Waals surface area (Å²) >= 11 is 0. The smallest absolute Gasteiger partial charge is 0.164 e. The molecule has 0 unspecified atom stereocenters. The summed E-state index contributed by atoms with van der Waals surface area (Å²) in [4.78, 5) is 0. The predicted molar refractivity (Wildman–Crippen MR) is 83.0 cm³/mol. The normalized spacial score (nSPS) is 10.9. The van der Waals surface area contributed by atoms with Crippen molar-refractivity contribution in [3.8, 4) is 17.0 Å². The van der Waals surface area contributed by atoms with E-state index in [9.17, 15) is 5.11 Å². The van der Waals surface area contributed by atoms with Gasteiger partial charge in [0.25, 0.3) is 0 Å². The lowest BCUT2D eigenvalue weighted by molar-refractivity contribution is 0.468. The third-order valence-electron chi connectivity index (χ3n) is 3.49. The van der Waals surface area contributed by atoms with Gasteiger partial charge in [-0.05, 0) is 32.3 Å². The second kappa shape index (κ2) is 6.60. The highest BCUT2D eigenvalue weighted by Crippen LogP contribution is 2.33. The fourth-order valence-electron chi connectivity index (χ4n) is 2.47. The van der Waals surface area contributed by atoms with Crippen molar-refractivity contribution in [3.05, 3.63) is 35.5 Å².